The number of carbonyl (C=O) groups excluding carboxylic acids is 1. The van der Waals surface area contributed by atoms with E-state index in [-0.39, 0.29) is 18.1 Å². The van der Waals surface area contributed by atoms with Gasteiger partial charge in [-0.15, -0.1) is 0 Å². The molecular weight excluding hydrogens is 248 g/mol. The fourth-order valence-corrected chi connectivity index (χ4v) is 2.41. The van der Waals surface area contributed by atoms with Crippen molar-refractivity contribution < 1.29 is 19.4 Å². The highest BCUT2D eigenvalue weighted by atomic mass is 16.5. The van der Waals surface area contributed by atoms with E-state index < -0.39 is 18.0 Å². The van der Waals surface area contributed by atoms with Gasteiger partial charge in [-0.05, 0) is 25.2 Å². The van der Waals surface area contributed by atoms with Crippen LogP contribution in [0, 0.1) is 5.92 Å². The van der Waals surface area contributed by atoms with Crippen LogP contribution in [-0.4, -0.2) is 42.4 Å². The highest BCUT2D eigenvalue weighted by molar-refractivity contribution is 5.82. The molecule has 2 amide bonds. The summed E-state index contributed by atoms with van der Waals surface area (Å²) in [4.78, 5) is 23.0. The van der Waals surface area contributed by atoms with Gasteiger partial charge in [0.15, 0.2) is 0 Å². The van der Waals surface area contributed by atoms with Gasteiger partial charge >= 0.3 is 12.0 Å². The summed E-state index contributed by atoms with van der Waals surface area (Å²) in [6, 6.07) is -1.31. The lowest BCUT2D eigenvalue weighted by atomic mass is 9.99. The van der Waals surface area contributed by atoms with E-state index in [1.807, 2.05) is 13.8 Å². The van der Waals surface area contributed by atoms with E-state index in [1.54, 1.807) is 7.11 Å². The highest BCUT2D eigenvalue weighted by Crippen LogP contribution is 2.21. The van der Waals surface area contributed by atoms with E-state index in [9.17, 15) is 9.59 Å². The Hall–Kier alpha value is -1.30. The van der Waals surface area contributed by atoms with Crippen molar-refractivity contribution in [3.8, 4) is 0 Å². The van der Waals surface area contributed by atoms with Gasteiger partial charge in [0.2, 0.25) is 0 Å². The second-order valence-corrected chi connectivity index (χ2v) is 5.13. The Morgan fingerprint density at radius 3 is 2.63 bits per heavy atom. The van der Waals surface area contributed by atoms with Crippen molar-refractivity contribution in [2.24, 2.45) is 5.92 Å². The third-order valence-corrected chi connectivity index (χ3v) is 3.84. The molecule has 1 saturated carbocycles. The normalized spacial score (nSPS) is 25.6. The Bertz CT molecular complexity index is 322. The average Bonchev–Trinajstić information content (AvgIpc) is 2.81. The minimum atomic E-state index is -1.00. The summed E-state index contributed by atoms with van der Waals surface area (Å²) in [7, 11) is 1.63. The molecule has 19 heavy (non-hydrogen) atoms. The van der Waals surface area contributed by atoms with Crippen LogP contribution in [0.4, 0.5) is 4.79 Å². The van der Waals surface area contributed by atoms with Gasteiger partial charge < -0.3 is 20.5 Å². The second-order valence-electron chi connectivity index (χ2n) is 5.13. The fraction of sp³-hybridized carbons (Fsp3) is 0.846. The lowest BCUT2D eigenvalue weighted by Crippen LogP contribution is -2.52. The molecule has 2 unspecified atom stereocenters. The van der Waals surface area contributed by atoms with Crippen molar-refractivity contribution in [2.45, 2.75) is 57.7 Å². The summed E-state index contributed by atoms with van der Waals surface area (Å²) in [6.07, 6.45) is 3.53. The molecule has 0 aromatic carbocycles. The number of rotatable bonds is 6. The molecule has 1 fully saturated rings. The van der Waals surface area contributed by atoms with Crippen molar-refractivity contribution in [1.82, 2.24) is 10.6 Å². The SMILES string of the molecule is CC[C@H](C)[C@H](NC(=O)NC1CCCC1OC)C(=O)O. The molecule has 0 aromatic rings. The van der Waals surface area contributed by atoms with Crippen LogP contribution < -0.4 is 10.6 Å². The number of aliphatic carboxylic acids is 1. The summed E-state index contributed by atoms with van der Waals surface area (Å²) >= 11 is 0. The van der Waals surface area contributed by atoms with Crippen molar-refractivity contribution in [3.63, 3.8) is 0 Å². The molecule has 0 bridgehead atoms. The maximum absolute atomic E-state index is 11.9. The topological polar surface area (TPSA) is 87.7 Å². The van der Waals surface area contributed by atoms with E-state index in [1.165, 1.54) is 0 Å². The number of carbonyl (C=O) groups is 2. The van der Waals surface area contributed by atoms with Gasteiger partial charge in [-0.1, -0.05) is 20.3 Å². The number of amides is 2. The van der Waals surface area contributed by atoms with Gasteiger partial charge in [0.05, 0.1) is 12.1 Å². The van der Waals surface area contributed by atoms with Gasteiger partial charge in [-0.25, -0.2) is 9.59 Å². The molecule has 0 spiro atoms. The number of nitrogens with one attached hydrogen (secondary N) is 2. The average molecular weight is 272 g/mol. The summed E-state index contributed by atoms with van der Waals surface area (Å²) in [5.74, 6) is -1.11. The van der Waals surface area contributed by atoms with E-state index in [4.69, 9.17) is 9.84 Å². The number of ether oxygens (including phenoxy) is 1. The third-order valence-electron chi connectivity index (χ3n) is 3.84. The molecule has 1 aliphatic rings. The van der Waals surface area contributed by atoms with Crippen LogP contribution in [0.25, 0.3) is 0 Å². The van der Waals surface area contributed by atoms with Gasteiger partial charge in [-0.3, -0.25) is 0 Å². The molecule has 110 valence electrons. The standard InChI is InChI=1S/C13H24N2O4/c1-4-8(2)11(12(16)17)15-13(18)14-9-6-5-7-10(9)19-3/h8-11H,4-7H2,1-3H3,(H,16,17)(H2,14,15,18)/t8-,9?,10?,11-/m0/s1. The summed E-state index contributed by atoms with van der Waals surface area (Å²) in [5, 5.41) is 14.5. The monoisotopic (exact) mass is 272 g/mol. The van der Waals surface area contributed by atoms with Gasteiger partial charge in [-0.2, -0.15) is 0 Å². The zero-order valence-electron chi connectivity index (χ0n) is 11.8. The quantitative estimate of drug-likeness (QED) is 0.681. The van der Waals surface area contributed by atoms with Crippen molar-refractivity contribution in [1.29, 1.82) is 0 Å². The number of hydrogen-bond acceptors (Lipinski definition) is 3. The van der Waals surface area contributed by atoms with Crippen LogP contribution in [0.5, 0.6) is 0 Å². The molecule has 6 heteroatoms. The van der Waals surface area contributed by atoms with Gasteiger partial charge in [0.25, 0.3) is 0 Å². The van der Waals surface area contributed by atoms with Gasteiger partial charge in [0.1, 0.15) is 6.04 Å². The first-order valence-electron chi connectivity index (χ1n) is 6.82. The van der Waals surface area contributed by atoms with Crippen LogP contribution in [0.1, 0.15) is 39.5 Å². The first-order chi connectivity index (χ1) is 8.99. The van der Waals surface area contributed by atoms with Crippen LogP contribution in [0.15, 0.2) is 0 Å². The number of hydrogen-bond donors (Lipinski definition) is 3. The van der Waals surface area contributed by atoms with E-state index in [0.717, 1.165) is 19.3 Å². The van der Waals surface area contributed by atoms with Crippen LogP contribution in [-0.2, 0) is 9.53 Å². The molecule has 0 heterocycles. The van der Waals surface area contributed by atoms with E-state index in [2.05, 4.69) is 10.6 Å². The smallest absolute Gasteiger partial charge is 0.326 e. The molecule has 1 rings (SSSR count). The van der Waals surface area contributed by atoms with Crippen LogP contribution >= 0.6 is 0 Å². The molecule has 0 aliphatic heterocycles. The minimum absolute atomic E-state index is 0.0256. The van der Waals surface area contributed by atoms with Crippen LogP contribution in [0.3, 0.4) is 0 Å². The lowest BCUT2D eigenvalue weighted by molar-refractivity contribution is -0.140. The first kappa shape index (κ1) is 15.8. The predicted octanol–water partition coefficient (Wildman–Crippen LogP) is 1.35. The summed E-state index contributed by atoms with van der Waals surface area (Å²) < 4.78 is 5.29. The van der Waals surface area contributed by atoms with E-state index in [0.29, 0.717) is 6.42 Å². The Morgan fingerprint density at radius 1 is 1.42 bits per heavy atom. The van der Waals surface area contributed by atoms with Crippen molar-refractivity contribution >= 4 is 12.0 Å². The van der Waals surface area contributed by atoms with Crippen molar-refractivity contribution in [2.75, 3.05) is 7.11 Å². The van der Waals surface area contributed by atoms with Crippen molar-refractivity contribution in [3.05, 3.63) is 0 Å². The highest BCUT2D eigenvalue weighted by Gasteiger charge is 2.30. The second kappa shape index (κ2) is 7.33. The Morgan fingerprint density at radius 2 is 2.11 bits per heavy atom. The van der Waals surface area contributed by atoms with Gasteiger partial charge in [0, 0.05) is 7.11 Å². The number of carboxylic acids is 1. The van der Waals surface area contributed by atoms with E-state index >= 15 is 0 Å². The Labute approximate surface area is 113 Å². The predicted molar refractivity (Wildman–Crippen MR) is 71.0 cm³/mol. The number of urea groups is 1. The summed E-state index contributed by atoms with van der Waals surface area (Å²) in [6.45, 7) is 3.71. The third kappa shape index (κ3) is 4.38. The Balaban J connectivity index is 2.51. The molecule has 0 saturated heterocycles. The zero-order chi connectivity index (χ0) is 14.4. The Kier molecular flexibility index (Phi) is 6.08. The molecule has 4 atom stereocenters. The lowest BCUT2D eigenvalue weighted by Gasteiger charge is -2.24. The maximum atomic E-state index is 11.9. The number of methoxy groups -OCH3 is 1. The fourth-order valence-electron chi connectivity index (χ4n) is 2.41. The first-order valence-corrected chi connectivity index (χ1v) is 6.82. The van der Waals surface area contributed by atoms with Crippen LogP contribution in [0.2, 0.25) is 0 Å². The summed E-state index contributed by atoms with van der Waals surface area (Å²) in [5.41, 5.74) is 0. The maximum Gasteiger partial charge on any atom is 0.326 e. The molecular formula is C13H24N2O4. The number of carboxylic acid groups (broad SMARTS) is 1. The molecule has 0 radical (unpaired) electrons. The molecule has 0 aromatic heterocycles. The minimum Gasteiger partial charge on any atom is -0.480 e. The zero-order valence-corrected chi connectivity index (χ0v) is 11.8. The molecule has 3 N–H and O–H groups in total. The molecule has 6 nitrogen and oxygen atoms in total. The molecule has 1 aliphatic carbocycles. The largest absolute Gasteiger partial charge is 0.480 e.